The van der Waals surface area contributed by atoms with Gasteiger partial charge >= 0.3 is 0 Å². The first-order chi connectivity index (χ1) is 6.09. The molecule has 0 aliphatic carbocycles. The number of fused-ring (bicyclic) bond motifs is 1. The third-order valence-corrected chi connectivity index (χ3v) is 2.14. The molecule has 0 atom stereocenters. The van der Waals surface area contributed by atoms with Gasteiger partial charge < -0.3 is 0 Å². The van der Waals surface area contributed by atoms with E-state index in [1.807, 2.05) is 27.0 Å². The van der Waals surface area contributed by atoms with Crippen LogP contribution in [0, 0.1) is 13.8 Å². The van der Waals surface area contributed by atoms with Gasteiger partial charge in [-0.25, -0.2) is 0 Å². The summed E-state index contributed by atoms with van der Waals surface area (Å²) >= 11 is 0. The van der Waals surface area contributed by atoms with E-state index in [9.17, 15) is 0 Å². The second-order valence-electron chi connectivity index (χ2n) is 3.29. The highest BCUT2D eigenvalue weighted by Gasteiger charge is 2.08. The highest BCUT2D eigenvalue weighted by molar-refractivity contribution is 6.36. The zero-order valence-corrected chi connectivity index (χ0v) is 8.00. The van der Waals surface area contributed by atoms with E-state index in [0.29, 0.717) is 5.59 Å². The van der Waals surface area contributed by atoms with Gasteiger partial charge in [-0.05, 0) is 25.5 Å². The predicted octanol–water partition coefficient (Wildman–Crippen LogP) is 0.379. The molecule has 0 aliphatic heterocycles. The number of hydrogen-bond donors (Lipinski definition) is 0. The fraction of sp³-hybridized carbons (Fsp3) is 0.333. The molecule has 13 heavy (non-hydrogen) atoms. The standard InChI is InChI=1S/C9H10BN3/c1-5-4-6(2)11-7-8(5)13(3)12-9(7)10/h4H,1-3H3. The van der Waals surface area contributed by atoms with Gasteiger partial charge in [-0.15, -0.1) is 0 Å². The van der Waals surface area contributed by atoms with Crippen LogP contribution in [0.5, 0.6) is 0 Å². The number of aryl methyl sites for hydroxylation is 3. The summed E-state index contributed by atoms with van der Waals surface area (Å²) in [6, 6.07) is 2.03. The number of aromatic nitrogens is 3. The Hall–Kier alpha value is -1.32. The quantitative estimate of drug-likeness (QED) is 0.536. The third-order valence-electron chi connectivity index (χ3n) is 2.14. The molecule has 2 aromatic heterocycles. The number of nitrogens with zero attached hydrogens (tertiary/aromatic N) is 3. The minimum atomic E-state index is 0.504. The van der Waals surface area contributed by atoms with Crippen LogP contribution < -0.4 is 5.59 Å². The summed E-state index contributed by atoms with van der Waals surface area (Å²) < 4.78 is 1.77. The maximum absolute atomic E-state index is 5.72. The van der Waals surface area contributed by atoms with Crippen LogP contribution in [-0.4, -0.2) is 22.6 Å². The molecule has 64 valence electrons. The lowest BCUT2D eigenvalue weighted by Crippen LogP contribution is -2.06. The third kappa shape index (κ3) is 1.13. The Labute approximate surface area is 78.2 Å². The normalized spacial score (nSPS) is 11.0. The van der Waals surface area contributed by atoms with Crippen molar-refractivity contribution in [3.8, 4) is 0 Å². The summed E-state index contributed by atoms with van der Waals surface area (Å²) in [6.45, 7) is 4.00. The summed E-state index contributed by atoms with van der Waals surface area (Å²) in [5.41, 5.74) is 4.46. The maximum Gasteiger partial charge on any atom is 0.147 e. The molecule has 2 radical (unpaired) electrons. The van der Waals surface area contributed by atoms with Gasteiger partial charge in [0, 0.05) is 18.3 Å². The zero-order chi connectivity index (χ0) is 9.59. The highest BCUT2D eigenvalue weighted by atomic mass is 15.3. The smallest absolute Gasteiger partial charge is 0.147 e. The topological polar surface area (TPSA) is 30.7 Å². The second kappa shape index (κ2) is 2.59. The van der Waals surface area contributed by atoms with Crippen molar-refractivity contribution in [1.29, 1.82) is 0 Å². The van der Waals surface area contributed by atoms with Gasteiger partial charge in [0.05, 0.1) is 5.52 Å². The molecule has 0 bridgehead atoms. The Kier molecular flexibility index (Phi) is 1.65. The van der Waals surface area contributed by atoms with Crippen LogP contribution in [0.2, 0.25) is 0 Å². The van der Waals surface area contributed by atoms with Gasteiger partial charge in [0.15, 0.2) is 0 Å². The number of hydrogen-bond acceptors (Lipinski definition) is 2. The van der Waals surface area contributed by atoms with Crippen molar-refractivity contribution in [2.24, 2.45) is 7.05 Å². The van der Waals surface area contributed by atoms with Gasteiger partial charge in [-0.2, -0.15) is 5.10 Å². The van der Waals surface area contributed by atoms with Gasteiger partial charge in [-0.1, -0.05) is 0 Å². The number of pyridine rings is 1. The molecule has 2 rings (SSSR count). The van der Waals surface area contributed by atoms with Crippen molar-refractivity contribution in [3.63, 3.8) is 0 Å². The molecule has 2 heterocycles. The molecule has 2 aromatic rings. The van der Waals surface area contributed by atoms with Crippen LogP contribution in [-0.2, 0) is 7.05 Å². The monoisotopic (exact) mass is 171 g/mol. The lowest BCUT2D eigenvalue weighted by atomic mass is 10.0. The Morgan fingerprint density at radius 3 is 2.77 bits per heavy atom. The summed E-state index contributed by atoms with van der Waals surface area (Å²) in [5, 5.41) is 4.12. The van der Waals surface area contributed by atoms with Crippen LogP contribution in [0.3, 0.4) is 0 Å². The molecule has 0 saturated carbocycles. The molecule has 0 unspecified atom stereocenters. The van der Waals surface area contributed by atoms with E-state index in [-0.39, 0.29) is 0 Å². The van der Waals surface area contributed by atoms with Crippen molar-refractivity contribution in [1.82, 2.24) is 14.8 Å². The van der Waals surface area contributed by atoms with E-state index in [0.717, 1.165) is 22.3 Å². The molecule has 0 amide bonds. The average Bonchev–Trinajstić information content (AvgIpc) is 2.27. The summed E-state index contributed by atoms with van der Waals surface area (Å²) in [7, 11) is 7.60. The first kappa shape index (κ1) is 8.29. The molecule has 0 spiro atoms. The van der Waals surface area contributed by atoms with E-state index in [2.05, 4.69) is 10.1 Å². The Bertz CT molecular complexity index is 473. The van der Waals surface area contributed by atoms with Crippen molar-refractivity contribution >= 4 is 24.5 Å². The van der Waals surface area contributed by atoms with E-state index in [1.165, 1.54) is 0 Å². The largest absolute Gasteiger partial charge is 0.267 e. The van der Waals surface area contributed by atoms with E-state index >= 15 is 0 Å². The molecule has 0 saturated heterocycles. The maximum atomic E-state index is 5.72. The minimum absolute atomic E-state index is 0.504. The van der Waals surface area contributed by atoms with Crippen LogP contribution in [0.15, 0.2) is 6.07 Å². The summed E-state index contributed by atoms with van der Waals surface area (Å²) in [5.74, 6) is 0. The highest BCUT2D eigenvalue weighted by Crippen LogP contribution is 2.14. The van der Waals surface area contributed by atoms with Gasteiger partial charge in [0.1, 0.15) is 13.4 Å². The molecule has 4 heteroatoms. The Morgan fingerprint density at radius 1 is 1.38 bits per heavy atom. The van der Waals surface area contributed by atoms with E-state index in [1.54, 1.807) is 4.68 Å². The zero-order valence-electron chi connectivity index (χ0n) is 8.00. The van der Waals surface area contributed by atoms with E-state index in [4.69, 9.17) is 7.85 Å². The molecule has 0 aliphatic rings. The lowest BCUT2D eigenvalue weighted by molar-refractivity contribution is 0.804. The van der Waals surface area contributed by atoms with Crippen molar-refractivity contribution in [3.05, 3.63) is 17.3 Å². The van der Waals surface area contributed by atoms with Crippen LogP contribution in [0.4, 0.5) is 0 Å². The van der Waals surface area contributed by atoms with Crippen LogP contribution in [0.25, 0.3) is 11.0 Å². The van der Waals surface area contributed by atoms with Crippen molar-refractivity contribution in [2.45, 2.75) is 13.8 Å². The fourth-order valence-electron chi connectivity index (χ4n) is 1.68. The van der Waals surface area contributed by atoms with Crippen LogP contribution >= 0.6 is 0 Å². The summed E-state index contributed by atoms with van der Waals surface area (Å²) in [4.78, 5) is 4.35. The van der Waals surface area contributed by atoms with Crippen molar-refractivity contribution in [2.75, 3.05) is 0 Å². The first-order valence-corrected chi connectivity index (χ1v) is 4.16. The molecular formula is C9H10BN3. The molecule has 0 N–H and O–H groups in total. The summed E-state index contributed by atoms with van der Waals surface area (Å²) in [6.07, 6.45) is 0. The van der Waals surface area contributed by atoms with Gasteiger partial charge in [0.25, 0.3) is 0 Å². The Balaban J connectivity index is 2.97. The van der Waals surface area contributed by atoms with E-state index < -0.39 is 0 Å². The lowest BCUT2D eigenvalue weighted by Gasteiger charge is -2.00. The second-order valence-corrected chi connectivity index (χ2v) is 3.29. The van der Waals surface area contributed by atoms with Gasteiger partial charge in [-0.3, -0.25) is 9.67 Å². The van der Waals surface area contributed by atoms with Crippen LogP contribution in [0.1, 0.15) is 11.3 Å². The van der Waals surface area contributed by atoms with Crippen molar-refractivity contribution < 1.29 is 0 Å². The molecular weight excluding hydrogens is 161 g/mol. The molecule has 3 nitrogen and oxygen atoms in total. The molecule has 0 aromatic carbocycles. The first-order valence-electron chi connectivity index (χ1n) is 4.16. The van der Waals surface area contributed by atoms with Gasteiger partial charge in [0.2, 0.25) is 0 Å². The number of rotatable bonds is 0. The minimum Gasteiger partial charge on any atom is -0.267 e. The fourth-order valence-corrected chi connectivity index (χ4v) is 1.68. The predicted molar refractivity (Wildman–Crippen MR) is 53.4 cm³/mol. The Morgan fingerprint density at radius 2 is 2.08 bits per heavy atom. The average molecular weight is 171 g/mol. The SMILES string of the molecule is [B]c1nn(C)c2c(C)cc(C)nc12. The molecule has 0 fully saturated rings.